The van der Waals surface area contributed by atoms with Crippen molar-refractivity contribution in [3.05, 3.63) is 35.9 Å². The minimum atomic E-state index is -0.461. The van der Waals surface area contributed by atoms with E-state index in [1.165, 1.54) is 24.8 Å². The largest absolute Gasteiger partial charge is 0.389 e. The molecule has 2 nitrogen and oxygen atoms in total. The van der Waals surface area contributed by atoms with Gasteiger partial charge in [-0.1, -0.05) is 30.3 Å². The predicted molar refractivity (Wildman–Crippen MR) is 75.7 cm³/mol. The third-order valence-corrected chi connectivity index (χ3v) is 3.79. The molecule has 1 aromatic carbocycles. The third kappa shape index (κ3) is 4.43. The Morgan fingerprint density at radius 1 is 1.22 bits per heavy atom. The molecular formula is C16H25NO. The first kappa shape index (κ1) is 13.6. The van der Waals surface area contributed by atoms with E-state index in [1.54, 1.807) is 0 Å². The molecule has 1 aliphatic heterocycles. The fraction of sp³-hybridized carbons (Fsp3) is 0.625. The van der Waals surface area contributed by atoms with Gasteiger partial charge in [-0.15, -0.1) is 0 Å². The smallest absolute Gasteiger partial charge is 0.0746 e. The number of β-amino-alcohol motifs (C(OH)–C–C–N with tert-alkyl or cyclic N) is 1. The average molecular weight is 247 g/mol. The standard InChI is InChI=1S/C16H25NO/c1-16(18)11-7-13-17(14-16)12-6-5-10-15-8-3-2-4-9-15/h2-4,8-9,18H,5-7,10-14H2,1H3. The van der Waals surface area contributed by atoms with Crippen molar-refractivity contribution < 1.29 is 5.11 Å². The monoisotopic (exact) mass is 247 g/mol. The molecule has 2 heteroatoms. The molecule has 1 aromatic rings. The molecule has 1 aliphatic rings. The zero-order valence-electron chi connectivity index (χ0n) is 11.4. The Labute approximate surface area is 111 Å². The van der Waals surface area contributed by atoms with Crippen molar-refractivity contribution in [2.45, 2.75) is 44.6 Å². The van der Waals surface area contributed by atoms with Gasteiger partial charge < -0.3 is 10.0 Å². The van der Waals surface area contributed by atoms with Crippen LogP contribution in [0.15, 0.2) is 30.3 Å². The summed E-state index contributed by atoms with van der Waals surface area (Å²) >= 11 is 0. The summed E-state index contributed by atoms with van der Waals surface area (Å²) in [6, 6.07) is 10.7. The van der Waals surface area contributed by atoms with Gasteiger partial charge >= 0.3 is 0 Å². The Bertz CT molecular complexity index is 347. The lowest BCUT2D eigenvalue weighted by Gasteiger charge is -2.36. The number of unbranched alkanes of at least 4 members (excludes halogenated alkanes) is 1. The lowest BCUT2D eigenvalue weighted by Crippen LogP contribution is -2.46. The molecule has 1 N–H and O–H groups in total. The first-order chi connectivity index (χ1) is 8.66. The summed E-state index contributed by atoms with van der Waals surface area (Å²) in [6.07, 6.45) is 5.72. The fourth-order valence-electron chi connectivity index (χ4n) is 2.82. The van der Waals surface area contributed by atoms with Crippen LogP contribution in [0.4, 0.5) is 0 Å². The van der Waals surface area contributed by atoms with Crippen LogP contribution in [-0.4, -0.2) is 35.2 Å². The number of nitrogens with zero attached hydrogens (tertiary/aromatic N) is 1. The zero-order chi connectivity index (χ0) is 12.8. The number of piperidine rings is 1. The normalized spacial score (nSPS) is 25.2. The Balaban J connectivity index is 1.64. The molecule has 0 radical (unpaired) electrons. The summed E-state index contributed by atoms with van der Waals surface area (Å²) in [5.74, 6) is 0. The summed E-state index contributed by atoms with van der Waals surface area (Å²) in [6.45, 7) is 5.09. The quantitative estimate of drug-likeness (QED) is 0.809. The molecule has 1 atom stereocenters. The molecular weight excluding hydrogens is 222 g/mol. The van der Waals surface area contributed by atoms with Crippen LogP contribution in [-0.2, 0) is 6.42 Å². The van der Waals surface area contributed by atoms with E-state index in [2.05, 4.69) is 35.2 Å². The lowest BCUT2D eigenvalue weighted by atomic mass is 9.95. The highest BCUT2D eigenvalue weighted by Gasteiger charge is 2.27. The Morgan fingerprint density at radius 3 is 2.72 bits per heavy atom. The maximum absolute atomic E-state index is 10.0. The van der Waals surface area contributed by atoms with Crippen molar-refractivity contribution in [1.29, 1.82) is 0 Å². The molecule has 18 heavy (non-hydrogen) atoms. The van der Waals surface area contributed by atoms with Gasteiger partial charge in [-0.3, -0.25) is 0 Å². The molecule has 0 aliphatic carbocycles. The molecule has 100 valence electrons. The van der Waals surface area contributed by atoms with E-state index >= 15 is 0 Å². The van der Waals surface area contributed by atoms with E-state index in [-0.39, 0.29) is 0 Å². The third-order valence-electron chi connectivity index (χ3n) is 3.79. The number of hydrogen-bond donors (Lipinski definition) is 1. The van der Waals surface area contributed by atoms with Crippen molar-refractivity contribution >= 4 is 0 Å². The van der Waals surface area contributed by atoms with E-state index in [0.717, 1.165) is 32.5 Å². The average Bonchev–Trinajstić information content (AvgIpc) is 2.35. The number of aliphatic hydroxyl groups is 1. The van der Waals surface area contributed by atoms with Gasteiger partial charge in [0.1, 0.15) is 0 Å². The summed E-state index contributed by atoms with van der Waals surface area (Å²) in [5, 5.41) is 10.0. The van der Waals surface area contributed by atoms with Crippen LogP contribution < -0.4 is 0 Å². The second kappa shape index (κ2) is 6.35. The van der Waals surface area contributed by atoms with Gasteiger partial charge in [-0.05, 0) is 57.7 Å². The first-order valence-electron chi connectivity index (χ1n) is 7.14. The van der Waals surface area contributed by atoms with Gasteiger partial charge in [0.15, 0.2) is 0 Å². The molecule has 0 bridgehead atoms. The summed E-state index contributed by atoms with van der Waals surface area (Å²) in [4.78, 5) is 2.41. The number of benzene rings is 1. The van der Waals surface area contributed by atoms with Gasteiger partial charge in [0.05, 0.1) is 5.60 Å². The molecule has 1 heterocycles. The molecule has 0 amide bonds. The molecule has 0 aromatic heterocycles. The molecule has 0 spiro atoms. The van der Waals surface area contributed by atoms with Crippen molar-refractivity contribution in [2.75, 3.05) is 19.6 Å². The van der Waals surface area contributed by atoms with E-state index in [4.69, 9.17) is 0 Å². The number of aryl methyl sites for hydroxylation is 1. The predicted octanol–water partition coefficient (Wildman–Crippen LogP) is 2.86. The fourth-order valence-corrected chi connectivity index (χ4v) is 2.82. The van der Waals surface area contributed by atoms with E-state index in [1.807, 2.05) is 6.92 Å². The Kier molecular flexibility index (Phi) is 4.79. The molecule has 1 unspecified atom stereocenters. The van der Waals surface area contributed by atoms with Gasteiger partial charge in [0.25, 0.3) is 0 Å². The number of hydrogen-bond acceptors (Lipinski definition) is 2. The van der Waals surface area contributed by atoms with Crippen LogP contribution in [0.2, 0.25) is 0 Å². The molecule has 0 saturated carbocycles. The van der Waals surface area contributed by atoms with Crippen LogP contribution in [0.3, 0.4) is 0 Å². The van der Waals surface area contributed by atoms with Crippen LogP contribution >= 0.6 is 0 Å². The summed E-state index contributed by atoms with van der Waals surface area (Å²) < 4.78 is 0. The molecule has 1 fully saturated rings. The zero-order valence-corrected chi connectivity index (χ0v) is 11.4. The van der Waals surface area contributed by atoms with E-state index in [9.17, 15) is 5.11 Å². The van der Waals surface area contributed by atoms with E-state index < -0.39 is 5.60 Å². The molecule has 2 rings (SSSR count). The van der Waals surface area contributed by atoms with Gasteiger partial charge in [0.2, 0.25) is 0 Å². The van der Waals surface area contributed by atoms with Crippen LogP contribution in [0, 0.1) is 0 Å². The minimum Gasteiger partial charge on any atom is -0.389 e. The van der Waals surface area contributed by atoms with Gasteiger partial charge in [-0.2, -0.15) is 0 Å². The molecule has 1 saturated heterocycles. The maximum Gasteiger partial charge on any atom is 0.0746 e. The first-order valence-corrected chi connectivity index (χ1v) is 7.14. The summed E-state index contributed by atoms with van der Waals surface area (Å²) in [5.41, 5.74) is 0.973. The Morgan fingerprint density at radius 2 is 2.00 bits per heavy atom. The van der Waals surface area contributed by atoms with E-state index in [0.29, 0.717) is 0 Å². The topological polar surface area (TPSA) is 23.5 Å². The van der Waals surface area contributed by atoms with Crippen LogP contribution in [0.5, 0.6) is 0 Å². The highest BCUT2D eigenvalue weighted by Crippen LogP contribution is 2.20. The lowest BCUT2D eigenvalue weighted by molar-refractivity contribution is -0.0157. The minimum absolute atomic E-state index is 0.461. The van der Waals surface area contributed by atoms with Crippen LogP contribution in [0.1, 0.15) is 38.2 Å². The van der Waals surface area contributed by atoms with Crippen molar-refractivity contribution in [1.82, 2.24) is 4.90 Å². The number of rotatable bonds is 5. The van der Waals surface area contributed by atoms with Gasteiger partial charge in [0, 0.05) is 6.54 Å². The number of likely N-dealkylation sites (tertiary alicyclic amines) is 1. The summed E-state index contributed by atoms with van der Waals surface area (Å²) in [7, 11) is 0. The van der Waals surface area contributed by atoms with Crippen molar-refractivity contribution in [3.8, 4) is 0 Å². The van der Waals surface area contributed by atoms with Gasteiger partial charge in [-0.25, -0.2) is 0 Å². The second-order valence-electron chi connectivity index (χ2n) is 5.82. The Hall–Kier alpha value is -0.860. The second-order valence-corrected chi connectivity index (χ2v) is 5.82. The van der Waals surface area contributed by atoms with Crippen molar-refractivity contribution in [2.24, 2.45) is 0 Å². The highest BCUT2D eigenvalue weighted by atomic mass is 16.3. The highest BCUT2D eigenvalue weighted by molar-refractivity contribution is 5.14. The maximum atomic E-state index is 10.0. The van der Waals surface area contributed by atoms with Crippen molar-refractivity contribution in [3.63, 3.8) is 0 Å². The van der Waals surface area contributed by atoms with Crippen LogP contribution in [0.25, 0.3) is 0 Å². The SMILES string of the molecule is CC1(O)CCCN(CCCCc2ccccc2)C1.